The molecule has 5 nitrogen and oxygen atoms in total. The third-order valence-electron chi connectivity index (χ3n) is 4.57. The van der Waals surface area contributed by atoms with E-state index in [4.69, 9.17) is 11.6 Å². The van der Waals surface area contributed by atoms with Gasteiger partial charge in [0, 0.05) is 24.7 Å². The Bertz CT molecular complexity index is 619. The highest BCUT2D eigenvalue weighted by molar-refractivity contribution is 6.30. The summed E-state index contributed by atoms with van der Waals surface area (Å²) in [4.78, 5) is 6.58. The third kappa shape index (κ3) is 2.99. The maximum absolute atomic E-state index is 6.14. The van der Waals surface area contributed by atoms with Crippen LogP contribution in [0.1, 0.15) is 5.56 Å². The molecule has 2 saturated heterocycles. The number of benzene rings is 1. The summed E-state index contributed by atoms with van der Waals surface area (Å²) in [5.74, 6) is 1.62. The van der Waals surface area contributed by atoms with Gasteiger partial charge in [0.2, 0.25) is 0 Å². The number of rotatable bonds is 3. The maximum atomic E-state index is 6.14. The summed E-state index contributed by atoms with van der Waals surface area (Å²) in [6, 6.07) is 6.02. The van der Waals surface area contributed by atoms with E-state index < -0.39 is 0 Å². The smallest absolute Gasteiger partial charge is 0.138 e. The van der Waals surface area contributed by atoms with Gasteiger partial charge in [-0.1, -0.05) is 17.7 Å². The maximum Gasteiger partial charge on any atom is 0.138 e. The minimum atomic E-state index is 0. The molecule has 2 aliphatic heterocycles. The summed E-state index contributed by atoms with van der Waals surface area (Å²) in [7, 11) is 0. The lowest BCUT2D eigenvalue weighted by Crippen LogP contribution is -2.26. The van der Waals surface area contributed by atoms with E-state index in [9.17, 15) is 0 Å². The van der Waals surface area contributed by atoms with Crippen molar-refractivity contribution in [2.24, 2.45) is 11.8 Å². The van der Waals surface area contributed by atoms with Gasteiger partial charge in [0.15, 0.2) is 0 Å². The average molecular weight is 340 g/mol. The molecule has 0 aliphatic carbocycles. The number of hydrogen-bond acceptors (Lipinski definition) is 4. The quantitative estimate of drug-likeness (QED) is 0.928. The molecule has 1 aromatic carbocycles. The molecule has 2 aliphatic rings. The van der Waals surface area contributed by atoms with Crippen molar-refractivity contribution in [3.63, 3.8) is 0 Å². The second-order valence-electron chi connectivity index (χ2n) is 5.99. The summed E-state index contributed by atoms with van der Waals surface area (Å²) in [6.07, 6.45) is 3.27. The lowest BCUT2D eigenvalue weighted by Gasteiger charge is -2.19. The number of aromatic nitrogens is 3. The summed E-state index contributed by atoms with van der Waals surface area (Å²) in [5, 5.41) is 8.45. The molecule has 0 radical (unpaired) electrons. The van der Waals surface area contributed by atoms with Gasteiger partial charge in [-0.05, 0) is 42.6 Å². The van der Waals surface area contributed by atoms with E-state index in [0.717, 1.165) is 42.2 Å². The first-order chi connectivity index (χ1) is 10.3. The molecule has 118 valence electrons. The van der Waals surface area contributed by atoms with Crippen LogP contribution >= 0.6 is 24.0 Å². The first-order valence-corrected chi connectivity index (χ1v) is 7.74. The lowest BCUT2D eigenvalue weighted by molar-refractivity contribution is 0.305. The third-order valence-corrected chi connectivity index (χ3v) is 4.81. The van der Waals surface area contributed by atoms with Gasteiger partial charge in [-0.3, -0.25) is 4.90 Å². The standard InChI is InChI=1S/C15H18ClN5.ClH/c16-14-2-1-11(15(3-14)21-10-18-9-19-21)6-20-7-12-4-17-5-13(12)8-20;/h1-3,9-10,12-13,17H,4-8H2;1H/t12-,13+;. The number of hydrogen-bond donors (Lipinski definition) is 1. The van der Waals surface area contributed by atoms with Gasteiger partial charge in [0.1, 0.15) is 12.7 Å². The molecule has 0 unspecified atom stereocenters. The molecule has 4 rings (SSSR count). The molecular formula is C15H19Cl2N5. The molecule has 0 spiro atoms. The summed E-state index contributed by atoms with van der Waals surface area (Å²) in [6.45, 7) is 5.63. The second kappa shape index (κ2) is 6.54. The second-order valence-corrected chi connectivity index (χ2v) is 6.42. The topological polar surface area (TPSA) is 46.0 Å². The van der Waals surface area contributed by atoms with Crippen LogP contribution in [0.5, 0.6) is 0 Å². The van der Waals surface area contributed by atoms with Crippen molar-refractivity contribution in [1.82, 2.24) is 25.0 Å². The Morgan fingerprint density at radius 3 is 2.68 bits per heavy atom. The number of nitrogens with zero attached hydrogens (tertiary/aromatic N) is 4. The zero-order chi connectivity index (χ0) is 14.2. The number of fused-ring (bicyclic) bond motifs is 1. The lowest BCUT2D eigenvalue weighted by atomic mass is 10.0. The van der Waals surface area contributed by atoms with Crippen LogP contribution in [0.25, 0.3) is 5.69 Å². The van der Waals surface area contributed by atoms with Crippen LogP contribution in [0.2, 0.25) is 5.02 Å². The van der Waals surface area contributed by atoms with Crippen molar-refractivity contribution in [3.05, 3.63) is 41.4 Å². The van der Waals surface area contributed by atoms with Crippen LogP contribution in [0.15, 0.2) is 30.9 Å². The first kappa shape index (κ1) is 15.7. The minimum Gasteiger partial charge on any atom is -0.316 e. The van der Waals surface area contributed by atoms with Crippen LogP contribution < -0.4 is 5.32 Å². The van der Waals surface area contributed by atoms with E-state index in [1.807, 2.05) is 12.1 Å². The van der Waals surface area contributed by atoms with Crippen molar-refractivity contribution in [2.75, 3.05) is 26.2 Å². The number of nitrogens with one attached hydrogen (secondary N) is 1. The van der Waals surface area contributed by atoms with Crippen molar-refractivity contribution < 1.29 is 0 Å². The minimum absolute atomic E-state index is 0. The summed E-state index contributed by atoms with van der Waals surface area (Å²) >= 11 is 6.14. The highest BCUT2D eigenvalue weighted by Gasteiger charge is 2.35. The molecule has 2 aromatic rings. The molecular weight excluding hydrogens is 321 g/mol. The Balaban J connectivity index is 0.00000144. The normalized spacial score (nSPS) is 24.2. The number of halogens is 2. The molecule has 0 amide bonds. The van der Waals surface area contributed by atoms with Gasteiger partial charge in [0.05, 0.1) is 5.69 Å². The predicted octanol–water partition coefficient (Wildman–Crippen LogP) is 1.99. The van der Waals surface area contributed by atoms with Crippen molar-refractivity contribution in [1.29, 1.82) is 0 Å². The van der Waals surface area contributed by atoms with Gasteiger partial charge in [-0.15, -0.1) is 12.4 Å². The molecule has 3 heterocycles. The predicted molar refractivity (Wildman–Crippen MR) is 88.7 cm³/mol. The first-order valence-electron chi connectivity index (χ1n) is 7.36. The van der Waals surface area contributed by atoms with Gasteiger partial charge in [-0.2, -0.15) is 5.10 Å². The van der Waals surface area contributed by atoms with E-state index >= 15 is 0 Å². The van der Waals surface area contributed by atoms with Crippen molar-refractivity contribution in [3.8, 4) is 5.69 Å². The molecule has 1 N–H and O–H groups in total. The Kier molecular flexibility index (Phi) is 4.68. The van der Waals surface area contributed by atoms with E-state index in [2.05, 4.69) is 26.4 Å². The van der Waals surface area contributed by atoms with Gasteiger partial charge < -0.3 is 5.32 Å². The zero-order valence-corrected chi connectivity index (χ0v) is 13.7. The Morgan fingerprint density at radius 2 is 2.00 bits per heavy atom. The monoisotopic (exact) mass is 339 g/mol. The van der Waals surface area contributed by atoms with Gasteiger partial charge in [-0.25, -0.2) is 9.67 Å². The molecule has 1 aromatic heterocycles. The van der Waals surface area contributed by atoms with Crippen LogP contribution in [-0.4, -0.2) is 45.8 Å². The highest BCUT2D eigenvalue weighted by atomic mass is 35.5. The van der Waals surface area contributed by atoms with Crippen LogP contribution in [0, 0.1) is 11.8 Å². The zero-order valence-electron chi connectivity index (χ0n) is 12.2. The molecule has 2 fully saturated rings. The fraction of sp³-hybridized carbons (Fsp3) is 0.467. The van der Waals surface area contributed by atoms with Gasteiger partial charge >= 0.3 is 0 Å². The van der Waals surface area contributed by atoms with Crippen LogP contribution in [0.4, 0.5) is 0 Å². The van der Waals surface area contributed by atoms with E-state index in [0.29, 0.717) is 0 Å². The Labute approximate surface area is 141 Å². The van der Waals surface area contributed by atoms with E-state index in [1.165, 1.54) is 18.7 Å². The molecule has 7 heteroatoms. The van der Waals surface area contributed by atoms with Gasteiger partial charge in [0.25, 0.3) is 0 Å². The van der Waals surface area contributed by atoms with Crippen LogP contribution in [0.3, 0.4) is 0 Å². The Morgan fingerprint density at radius 1 is 1.23 bits per heavy atom. The molecule has 22 heavy (non-hydrogen) atoms. The van der Waals surface area contributed by atoms with Crippen molar-refractivity contribution >= 4 is 24.0 Å². The van der Waals surface area contributed by atoms with E-state index in [1.54, 1.807) is 17.3 Å². The highest BCUT2D eigenvalue weighted by Crippen LogP contribution is 2.29. The summed E-state index contributed by atoms with van der Waals surface area (Å²) < 4.78 is 1.79. The number of likely N-dealkylation sites (tertiary alicyclic amines) is 1. The molecule has 0 saturated carbocycles. The summed E-state index contributed by atoms with van der Waals surface area (Å²) in [5.41, 5.74) is 2.27. The van der Waals surface area contributed by atoms with Crippen molar-refractivity contribution in [2.45, 2.75) is 6.54 Å². The SMILES string of the molecule is Cl.Clc1ccc(CN2C[C@H]3CNC[C@H]3C2)c(-n2cncn2)c1. The van der Waals surface area contributed by atoms with Crippen LogP contribution in [-0.2, 0) is 6.54 Å². The Hall–Kier alpha value is -1.14. The largest absolute Gasteiger partial charge is 0.316 e. The molecule has 0 bridgehead atoms. The molecule has 2 atom stereocenters. The van der Waals surface area contributed by atoms with E-state index in [-0.39, 0.29) is 12.4 Å². The fourth-order valence-electron chi connectivity index (χ4n) is 3.54. The average Bonchev–Trinajstić information content (AvgIpc) is 3.16. The fourth-order valence-corrected chi connectivity index (χ4v) is 3.71.